The lowest BCUT2D eigenvalue weighted by Gasteiger charge is -2.22. The maximum absolute atomic E-state index is 5.82. The Morgan fingerprint density at radius 2 is 1.84 bits per heavy atom. The van der Waals surface area contributed by atoms with Crippen molar-refractivity contribution < 1.29 is 9.26 Å². The topological polar surface area (TPSA) is 60.2 Å². The summed E-state index contributed by atoms with van der Waals surface area (Å²) in [5.74, 6) is 2.57. The van der Waals surface area contributed by atoms with Crippen molar-refractivity contribution in [3.05, 3.63) is 66.1 Å². The van der Waals surface area contributed by atoms with E-state index in [-0.39, 0.29) is 0 Å². The summed E-state index contributed by atoms with van der Waals surface area (Å²) in [6, 6.07) is 18.3. The van der Waals surface area contributed by atoms with Crippen LogP contribution in [0, 0.1) is 0 Å². The van der Waals surface area contributed by atoms with E-state index in [0.29, 0.717) is 18.3 Å². The smallest absolute Gasteiger partial charge is 0.232 e. The van der Waals surface area contributed by atoms with Gasteiger partial charge >= 0.3 is 0 Å². The van der Waals surface area contributed by atoms with Crippen LogP contribution < -0.4 is 10.1 Å². The first-order chi connectivity index (χ1) is 12.4. The van der Waals surface area contributed by atoms with E-state index in [4.69, 9.17) is 9.26 Å². The van der Waals surface area contributed by atoms with Gasteiger partial charge in [0.25, 0.3) is 0 Å². The molecule has 3 aromatic rings. The highest BCUT2D eigenvalue weighted by Gasteiger charge is 2.25. The van der Waals surface area contributed by atoms with Gasteiger partial charge in [0.2, 0.25) is 11.7 Å². The fourth-order valence-electron chi connectivity index (χ4n) is 2.79. The van der Waals surface area contributed by atoms with E-state index >= 15 is 0 Å². The van der Waals surface area contributed by atoms with Crippen LogP contribution in [0.15, 0.2) is 59.1 Å². The normalized spacial score (nSPS) is 14.2. The number of benzene rings is 2. The minimum Gasteiger partial charge on any atom is -0.494 e. The molecule has 25 heavy (non-hydrogen) atoms. The Labute approximate surface area is 147 Å². The molecule has 0 bridgehead atoms. The van der Waals surface area contributed by atoms with Crippen LogP contribution in [-0.4, -0.2) is 29.8 Å². The third-order valence-electron chi connectivity index (χ3n) is 4.41. The van der Waals surface area contributed by atoms with Gasteiger partial charge in [0.15, 0.2) is 0 Å². The number of nitrogens with one attached hydrogen (secondary N) is 1. The number of aryl methyl sites for hydroxylation is 1. The summed E-state index contributed by atoms with van der Waals surface area (Å²) in [4.78, 5) is 4.48. The van der Waals surface area contributed by atoms with E-state index in [0.717, 1.165) is 43.1 Å². The third-order valence-corrected chi connectivity index (χ3v) is 4.41. The summed E-state index contributed by atoms with van der Waals surface area (Å²) in [7, 11) is 0. The molecular weight excluding hydrogens is 314 g/mol. The monoisotopic (exact) mass is 335 g/mol. The Bertz CT molecular complexity index is 795. The second-order valence-electron chi connectivity index (χ2n) is 6.27. The maximum atomic E-state index is 5.82. The second kappa shape index (κ2) is 7.49. The van der Waals surface area contributed by atoms with Gasteiger partial charge in [0.1, 0.15) is 5.75 Å². The lowest BCUT2D eigenvalue weighted by atomic mass is 10.0. The zero-order chi connectivity index (χ0) is 16.9. The van der Waals surface area contributed by atoms with Gasteiger partial charge in [-0.05, 0) is 42.7 Å². The molecule has 0 atom stereocenters. The first kappa shape index (κ1) is 15.8. The molecule has 1 aliphatic heterocycles. The van der Waals surface area contributed by atoms with E-state index in [2.05, 4.69) is 39.7 Å². The van der Waals surface area contributed by atoms with Crippen molar-refractivity contribution in [2.75, 3.05) is 19.7 Å². The van der Waals surface area contributed by atoms with E-state index in [1.807, 2.05) is 30.3 Å². The average Bonchev–Trinajstić information content (AvgIpc) is 3.08. The number of rotatable bonds is 7. The molecule has 0 radical (unpaired) electrons. The second-order valence-corrected chi connectivity index (χ2v) is 6.27. The van der Waals surface area contributed by atoms with Gasteiger partial charge in [-0.1, -0.05) is 35.5 Å². The summed E-state index contributed by atoms with van der Waals surface area (Å²) in [6.07, 6.45) is 2.02. The Morgan fingerprint density at radius 1 is 1.04 bits per heavy atom. The van der Waals surface area contributed by atoms with Crippen molar-refractivity contribution >= 4 is 0 Å². The molecule has 1 N–H and O–H groups in total. The van der Waals surface area contributed by atoms with Crippen molar-refractivity contribution in [2.24, 2.45) is 0 Å². The molecule has 1 aromatic heterocycles. The zero-order valence-corrected chi connectivity index (χ0v) is 14.0. The number of ether oxygens (including phenoxy) is 1. The highest BCUT2D eigenvalue weighted by Crippen LogP contribution is 2.24. The SMILES string of the molecule is c1ccc(CCCOc2ccc(-c3noc(C4CNC4)n3)cc2)cc1. The minimum absolute atomic E-state index is 0.355. The van der Waals surface area contributed by atoms with Gasteiger partial charge in [-0.2, -0.15) is 4.98 Å². The summed E-state index contributed by atoms with van der Waals surface area (Å²) in [6.45, 7) is 2.53. The predicted octanol–water partition coefficient (Wildman–Crippen LogP) is 3.44. The lowest BCUT2D eigenvalue weighted by Crippen LogP contribution is -2.40. The number of nitrogens with zero attached hydrogens (tertiary/aromatic N) is 2. The Kier molecular flexibility index (Phi) is 4.74. The molecule has 1 saturated heterocycles. The maximum Gasteiger partial charge on any atom is 0.232 e. The summed E-state index contributed by atoms with van der Waals surface area (Å²) >= 11 is 0. The van der Waals surface area contributed by atoms with Crippen molar-refractivity contribution in [2.45, 2.75) is 18.8 Å². The molecule has 0 amide bonds. The molecule has 2 heterocycles. The van der Waals surface area contributed by atoms with Crippen LogP contribution in [-0.2, 0) is 6.42 Å². The van der Waals surface area contributed by atoms with Crippen molar-refractivity contribution in [3.63, 3.8) is 0 Å². The molecule has 1 aliphatic rings. The molecule has 0 aliphatic carbocycles. The van der Waals surface area contributed by atoms with Crippen LogP contribution in [0.1, 0.15) is 23.8 Å². The minimum atomic E-state index is 0.355. The molecule has 4 rings (SSSR count). The fourth-order valence-corrected chi connectivity index (χ4v) is 2.79. The van der Waals surface area contributed by atoms with Gasteiger partial charge in [-0.25, -0.2) is 0 Å². The zero-order valence-electron chi connectivity index (χ0n) is 14.0. The molecule has 1 fully saturated rings. The van der Waals surface area contributed by atoms with Gasteiger partial charge in [0, 0.05) is 18.7 Å². The van der Waals surface area contributed by atoms with Crippen LogP contribution >= 0.6 is 0 Å². The van der Waals surface area contributed by atoms with Gasteiger partial charge < -0.3 is 14.6 Å². The highest BCUT2D eigenvalue weighted by molar-refractivity contribution is 5.55. The van der Waals surface area contributed by atoms with Crippen molar-refractivity contribution in [1.82, 2.24) is 15.5 Å². The molecule has 0 unspecified atom stereocenters. The number of hydrogen-bond donors (Lipinski definition) is 1. The van der Waals surface area contributed by atoms with Gasteiger partial charge in [-0.15, -0.1) is 0 Å². The van der Waals surface area contributed by atoms with Crippen LogP contribution in [0.2, 0.25) is 0 Å². The predicted molar refractivity (Wildman–Crippen MR) is 95.6 cm³/mol. The third kappa shape index (κ3) is 3.88. The van der Waals surface area contributed by atoms with E-state index < -0.39 is 0 Å². The number of aromatic nitrogens is 2. The van der Waals surface area contributed by atoms with Crippen molar-refractivity contribution in [1.29, 1.82) is 0 Å². The van der Waals surface area contributed by atoms with Crippen LogP contribution in [0.5, 0.6) is 5.75 Å². The number of hydrogen-bond acceptors (Lipinski definition) is 5. The first-order valence-corrected chi connectivity index (χ1v) is 8.70. The van der Waals surface area contributed by atoms with Crippen LogP contribution in [0.25, 0.3) is 11.4 Å². The van der Waals surface area contributed by atoms with Gasteiger partial charge in [-0.3, -0.25) is 0 Å². The molecule has 5 nitrogen and oxygen atoms in total. The summed E-state index contributed by atoms with van der Waals surface area (Å²) in [5, 5.41) is 7.28. The standard InChI is InChI=1S/C20H21N3O2/c1-2-5-15(6-3-1)7-4-12-24-18-10-8-16(9-11-18)19-22-20(25-23-19)17-13-21-14-17/h1-3,5-6,8-11,17,21H,4,7,12-14H2. The van der Waals surface area contributed by atoms with Gasteiger partial charge in [0.05, 0.1) is 12.5 Å². The summed E-state index contributed by atoms with van der Waals surface area (Å²) in [5.41, 5.74) is 2.29. The molecule has 0 saturated carbocycles. The molecule has 128 valence electrons. The van der Waals surface area contributed by atoms with E-state index in [1.165, 1.54) is 5.56 Å². The Balaban J connectivity index is 1.28. The van der Waals surface area contributed by atoms with E-state index in [9.17, 15) is 0 Å². The molecule has 5 heteroatoms. The quantitative estimate of drug-likeness (QED) is 0.670. The first-order valence-electron chi connectivity index (χ1n) is 8.70. The fraction of sp³-hybridized carbons (Fsp3) is 0.300. The summed E-state index contributed by atoms with van der Waals surface area (Å²) < 4.78 is 11.2. The molecular formula is C20H21N3O2. The van der Waals surface area contributed by atoms with Crippen molar-refractivity contribution in [3.8, 4) is 17.1 Å². The lowest BCUT2D eigenvalue weighted by molar-refractivity contribution is 0.308. The molecule has 2 aromatic carbocycles. The largest absolute Gasteiger partial charge is 0.494 e. The van der Waals surface area contributed by atoms with E-state index in [1.54, 1.807) is 0 Å². The average molecular weight is 335 g/mol. The highest BCUT2D eigenvalue weighted by atomic mass is 16.5. The van der Waals surface area contributed by atoms with Crippen LogP contribution in [0.4, 0.5) is 0 Å². The molecule has 0 spiro atoms. The Hall–Kier alpha value is -2.66. The van der Waals surface area contributed by atoms with Crippen LogP contribution in [0.3, 0.4) is 0 Å². The Morgan fingerprint density at radius 3 is 2.56 bits per heavy atom.